The molecule has 9 heavy (non-hydrogen) atoms. The minimum atomic E-state index is -2.44. The average Bonchev–Trinajstić information content (AvgIpc) is 2.10. The van der Waals surface area contributed by atoms with Gasteiger partial charge < -0.3 is 5.32 Å². The fourth-order valence-corrected chi connectivity index (χ4v) is 1.09. The van der Waals surface area contributed by atoms with Crippen LogP contribution in [0, 0.1) is 0 Å². The molecular weight excluding hydrogens is 124 g/mol. The molecule has 1 nitrogen and oxygen atoms in total. The molecule has 0 spiro atoms. The van der Waals surface area contributed by atoms with E-state index in [4.69, 9.17) is 0 Å². The zero-order valence-corrected chi connectivity index (χ0v) is 5.45. The Morgan fingerprint density at radius 2 is 2.33 bits per heavy atom. The Morgan fingerprint density at radius 3 is 2.56 bits per heavy atom. The normalized spacial score (nSPS) is 33.0. The van der Waals surface area contributed by atoms with E-state index in [9.17, 15) is 8.78 Å². The van der Waals surface area contributed by atoms with Crippen LogP contribution in [0.4, 0.5) is 8.78 Å². The van der Waals surface area contributed by atoms with Crippen molar-refractivity contribution in [3.63, 3.8) is 0 Å². The maximum absolute atomic E-state index is 12.3. The van der Waals surface area contributed by atoms with Crippen molar-refractivity contribution in [2.45, 2.75) is 31.7 Å². The minimum Gasteiger partial charge on any atom is -0.308 e. The predicted molar refractivity (Wildman–Crippen MR) is 31.6 cm³/mol. The lowest BCUT2D eigenvalue weighted by Crippen LogP contribution is -2.21. The van der Waals surface area contributed by atoms with Crippen molar-refractivity contribution < 1.29 is 8.78 Å². The molecule has 0 aromatic heterocycles. The van der Waals surface area contributed by atoms with Crippen molar-refractivity contribution >= 4 is 0 Å². The highest BCUT2D eigenvalue weighted by molar-refractivity contribution is 4.85. The topological polar surface area (TPSA) is 12.0 Å². The van der Waals surface area contributed by atoms with Gasteiger partial charge in [-0.15, -0.1) is 0 Å². The van der Waals surface area contributed by atoms with Crippen LogP contribution in [0.1, 0.15) is 19.8 Å². The highest BCUT2D eigenvalue weighted by Gasteiger charge is 2.37. The standard InChI is InChI=1S/C6H11F2N/c1-2-5-3-6(7,8)4-9-5/h5,9H,2-4H2,1H3. The first-order chi connectivity index (χ1) is 4.14. The lowest BCUT2D eigenvalue weighted by molar-refractivity contribution is 0.0210. The summed E-state index contributed by atoms with van der Waals surface area (Å²) < 4.78 is 24.6. The van der Waals surface area contributed by atoms with Crippen molar-refractivity contribution in [1.82, 2.24) is 5.32 Å². The first-order valence-corrected chi connectivity index (χ1v) is 3.25. The van der Waals surface area contributed by atoms with Gasteiger partial charge in [-0.3, -0.25) is 0 Å². The summed E-state index contributed by atoms with van der Waals surface area (Å²) in [6, 6.07) is 0.0417. The zero-order valence-electron chi connectivity index (χ0n) is 5.45. The number of hydrogen-bond donors (Lipinski definition) is 1. The van der Waals surface area contributed by atoms with Gasteiger partial charge in [0.25, 0.3) is 5.92 Å². The van der Waals surface area contributed by atoms with E-state index in [0.29, 0.717) is 0 Å². The van der Waals surface area contributed by atoms with Gasteiger partial charge in [0.1, 0.15) is 0 Å². The summed E-state index contributed by atoms with van der Waals surface area (Å²) in [6.07, 6.45) is 0.819. The molecule has 1 aliphatic rings. The Labute approximate surface area is 53.4 Å². The maximum atomic E-state index is 12.3. The molecule has 0 aliphatic carbocycles. The van der Waals surface area contributed by atoms with Crippen molar-refractivity contribution in [3.8, 4) is 0 Å². The van der Waals surface area contributed by atoms with Crippen LogP contribution in [0.25, 0.3) is 0 Å². The second-order valence-electron chi connectivity index (χ2n) is 2.55. The minimum absolute atomic E-state index is 0.0174. The zero-order chi connectivity index (χ0) is 6.91. The lowest BCUT2D eigenvalue weighted by atomic mass is 10.1. The summed E-state index contributed by atoms with van der Waals surface area (Å²) in [5, 5.41) is 2.75. The SMILES string of the molecule is CCC1CC(F)(F)CN1. The molecular formula is C6H11F2N. The number of halogens is 2. The largest absolute Gasteiger partial charge is 0.308 e. The molecule has 0 aromatic carbocycles. The summed E-state index contributed by atoms with van der Waals surface area (Å²) >= 11 is 0. The molecule has 1 unspecified atom stereocenters. The second kappa shape index (κ2) is 2.21. The molecule has 1 atom stereocenters. The van der Waals surface area contributed by atoms with Crippen LogP contribution in [0.2, 0.25) is 0 Å². The van der Waals surface area contributed by atoms with Crippen LogP contribution in [0.5, 0.6) is 0 Å². The Balaban J connectivity index is 2.38. The Morgan fingerprint density at radius 1 is 1.67 bits per heavy atom. The fraction of sp³-hybridized carbons (Fsp3) is 1.00. The molecule has 0 bridgehead atoms. The molecule has 1 aliphatic heterocycles. The number of nitrogens with one attached hydrogen (secondary N) is 1. The van der Waals surface area contributed by atoms with E-state index >= 15 is 0 Å². The van der Waals surface area contributed by atoms with Crippen LogP contribution in [-0.2, 0) is 0 Å². The summed E-state index contributed by atoms with van der Waals surface area (Å²) in [6.45, 7) is 1.78. The van der Waals surface area contributed by atoms with Gasteiger partial charge in [0, 0.05) is 12.5 Å². The molecule has 0 amide bonds. The fourth-order valence-electron chi connectivity index (χ4n) is 1.09. The highest BCUT2D eigenvalue weighted by Crippen LogP contribution is 2.25. The van der Waals surface area contributed by atoms with Crippen LogP contribution in [-0.4, -0.2) is 18.5 Å². The van der Waals surface area contributed by atoms with Gasteiger partial charge in [0.05, 0.1) is 6.54 Å². The molecule has 1 rings (SSSR count). The monoisotopic (exact) mass is 135 g/mol. The van der Waals surface area contributed by atoms with E-state index in [1.807, 2.05) is 6.92 Å². The number of rotatable bonds is 1. The molecule has 1 saturated heterocycles. The highest BCUT2D eigenvalue weighted by atomic mass is 19.3. The molecule has 3 heteroatoms. The van der Waals surface area contributed by atoms with Gasteiger partial charge >= 0.3 is 0 Å². The molecule has 0 radical (unpaired) electrons. The third-order valence-electron chi connectivity index (χ3n) is 1.69. The lowest BCUT2D eigenvalue weighted by Gasteiger charge is -2.05. The Bertz CT molecular complexity index is 103. The molecule has 54 valence electrons. The smallest absolute Gasteiger partial charge is 0.261 e. The molecule has 1 heterocycles. The van der Waals surface area contributed by atoms with Crippen LogP contribution in [0.15, 0.2) is 0 Å². The average molecular weight is 135 g/mol. The molecule has 0 saturated carbocycles. The summed E-state index contributed by atoms with van der Waals surface area (Å²) in [5.41, 5.74) is 0. The number of hydrogen-bond acceptors (Lipinski definition) is 1. The van der Waals surface area contributed by atoms with Crippen molar-refractivity contribution in [2.24, 2.45) is 0 Å². The molecule has 1 N–H and O–H groups in total. The van der Waals surface area contributed by atoms with Crippen LogP contribution in [0.3, 0.4) is 0 Å². The van der Waals surface area contributed by atoms with Gasteiger partial charge in [-0.25, -0.2) is 8.78 Å². The first-order valence-electron chi connectivity index (χ1n) is 3.25. The summed E-state index contributed by atoms with van der Waals surface area (Å²) in [5.74, 6) is -2.44. The predicted octanol–water partition coefficient (Wildman–Crippen LogP) is 1.39. The van der Waals surface area contributed by atoms with Gasteiger partial charge in [-0.2, -0.15) is 0 Å². The first kappa shape index (κ1) is 6.93. The van der Waals surface area contributed by atoms with Crippen LogP contribution >= 0.6 is 0 Å². The van der Waals surface area contributed by atoms with Gasteiger partial charge in [-0.1, -0.05) is 6.92 Å². The Hall–Kier alpha value is -0.180. The second-order valence-corrected chi connectivity index (χ2v) is 2.55. The van der Waals surface area contributed by atoms with E-state index < -0.39 is 5.92 Å². The van der Waals surface area contributed by atoms with Crippen molar-refractivity contribution in [2.75, 3.05) is 6.54 Å². The summed E-state index contributed by atoms with van der Waals surface area (Å²) in [7, 11) is 0. The van der Waals surface area contributed by atoms with E-state index in [2.05, 4.69) is 5.32 Å². The third kappa shape index (κ3) is 1.61. The number of alkyl halides is 2. The summed E-state index contributed by atoms with van der Waals surface area (Å²) in [4.78, 5) is 0. The van der Waals surface area contributed by atoms with Crippen molar-refractivity contribution in [3.05, 3.63) is 0 Å². The Kier molecular flexibility index (Phi) is 1.70. The van der Waals surface area contributed by atoms with Crippen LogP contribution < -0.4 is 5.32 Å². The van der Waals surface area contributed by atoms with Gasteiger partial charge in [0.2, 0.25) is 0 Å². The maximum Gasteiger partial charge on any atom is 0.261 e. The van der Waals surface area contributed by atoms with E-state index in [1.54, 1.807) is 0 Å². The molecule has 0 aromatic rings. The van der Waals surface area contributed by atoms with Gasteiger partial charge in [0.15, 0.2) is 0 Å². The van der Waals surface area contributed by atoms with E-state index in [1.165, 1.54) is 0 Å². The van der Waals surface area contributed by atoms with E-state index in [-0.39, 0.29) is 19.0 Å². The molecule has 1 fully saturated rings. The third-order valence-corrected chi connectivity index (χ3v) is 1.69. The van der Waals surface area contributed by atoms with Gasteiger partial charge in [-0.05, 0) is 6.42 Å². The van der Waals surface area contributed by atoms with Crippen molar-refractivity contribution in [1.29, 1.82) is 0 Å². The quantitative estimate of drug-likeness (QED) is 0.573. The van der Waals surface area contributed by atoms with E-state index in [0.717, 1.165) is 6.42 Å².